The Morgan fingerprint density at radius 2 is 1.75 bits per heavy atom. The van der Waals surface area contributed by atoms with E-state index in [1.807, 2.05) is 30.3 Å². The van der Waals surface area contributed by atoms with E-state index >= 15 is 0 Å². The topological polar surface area (TPSA) is 49.7 Å². The molecule has 0 radical (unpaired) electrons. The number of phenols is 1. The van der Waals surface area contributed by atoms with Gasteiger partial charge in [0.2, 0.25) is 6.08 Å². The van der Waals surface area contributed by atoms with E-state index in [4.69, 9.17) is 0 Å². The van der Waals surface area contributed by atoms with Crippen molar-refractivity contribution in [2.45, 2.75) is 0 Å². The van der Waals surface area contributed by atoms with Crippen molar-refractivity contribution in [3.63, 3.8) is 0 Å². The molecule has 0 spiro atoms. The summed E-state index contributed by atoms with van der Waals surface area (Å²) < 4.78 is 0. The quantitative estimate of drug-likeness (QED) is 0.613. The second kappa shape index (κ2) is 4.43. The highest BCUT2D eigenvalue weighted by atomic mass is 16.3. The standard InChI is InChI=1S/C13H9NO2/c15-9-14-11-7-4-8-12(16)13(11)10-5-2-1-3-6-10/h1-8,16H. The molecule has 3 nitrogen and oxygen atoms in total. The maximum absolute atomic E-state index is 10.3. The zero-order valence-corrected chi connectivity index (χ0v) is 8.42. The van der Waals surface area contributed by atoms with Gasteiger partial charge in [-0.05, 0) is 17.7 Å². The van der Waals surface area contributed by atoms with E-state index in [0.717, 1.165) is 5.56 Å². The molecular formula is C13H9NO2. The van der Waals surface area contributed by atoms with Crippen LogP contribution in [0.3, 0.4) is 0 Å². The van der Waals surface area contributed by atoms with Crippen LogP contribution in [-0.4, -0.2) is 11.2 Å². The average Bonchev–Trinajstić information content (AvgIpc) is 2.31. The van der Waals surface area contributed by atoms with E-state index < -0.39 is 0 Å². The molecule has 0 amide bonds. The third-order valence-electron chi connectivity index (χ3n) is 2.25. The second-order valence-electron chi connectivity index (χ2n) is 3.24. The lowest BCUT2D eigenvalue weighted by molar-refractivity contribution is 0.477. The first kappa shape index (κ1) is 10.1. The van der Waals surface area contributed by atoms with E-state index in [0.29, 0.717) is 11.3 Å². The van der Waals surface area contributed by atoms with Crippen molar-refractivity contribution in [3.8, 4) is 16.9 Å². The van der Waals surface area contributed by atoms with Gasteiger partial charge in [-0.25, -0.2) is 4.79 Å². The largest absolute Gasteiger partial charge is 0.507 e. The predicted octanol–water partition coefficient (Wildman–Crippen LogP) is 3.03. The summed E-state index contributed by atoms with van der Waals surface area (Å²) in [5, 5.41) is 9.78. The van der Waals surface area contributed by atoms with Gasteiger partial charge < -0.3 is 5.11 Å². The van der Waals surface area contributed by atoms with Crippen LogP contribution >= 0.6 is 0 Å². The summed E-state index contributed by atoms with van der Waals surface area (Å²) in [5.74, 6) is 0.0997. The zero-order valence-electron chi connectivity index (χ0n) is 8.42. The van der Waals surface area contributed by atoms with Crippen molar-refractivity contribution in [1.29, 1.82) is 0 Å². The van der Waals surface area contributed by atoms with Crippen LogP contribution in [0.2, 0.25) is 0 Å². The molecule has 2 aromatic carbocycles. The number of nitrogens with zero attached hydrogens (tertiary/aromatic N) is 1. The maximum Gasteiger partial charge on any atom is 0.240 e. The summed E-state index contributed by atoms with van der Waals surface area (Å²) >= 11 is 0. The first-order valence-corrected chi connectivity index (χ1v) is 4.78. The Morgan fingerprint density at radius 3 is 2.44 bits per heavy atom. The van der Waals surface area contributed by atoms with Crippen LogP contribution in [0, 0.1) is 0 Å². The van der Waals surface area contributed by atoms with Gasteiger partial charge in [0, 0.05) is 0 Å². The Kier molecular flexibility index (Phi) is 2.81. The molecule has 78 valence electrons. The molecule has 0 heterocycles. The fourth-order valence-corrected chi connectivity index (χ4v) is 1.57. The fraction of sp³-hybridized carbons (Fsp3) is 0. The third-order valence-corrected chi connectivity index (χ3v) is 2.25. The third kappa shape index (κ3) is 1.85. The molecule has 0 bridgehead atoms. The lowest BCUT2D eigenvalue weighted by atomic mass is 10.0. The average molecular weight is 211 g/mol. The van der Waals surface area contributed by atoms with Crippen LogP contribution in [0.15, 0.2) is 53.5 Å². The summed E-state index contributed by atoms with van der Waals surface area (Å²) in [4.78, 5) is 13.9. The lowest BCUT2D eigenvalue weighted by Gasteiger charge is -2.06. The van der Waals surface area contributed by atoms with Crippen LogP contribution in [0.5, 0.6) is 5.75 Å². The van der Waals surface area contributed by atoms with Crippen LogP contribution in [0.1, 0.15) is 0 Å². The highest BCUT2D eigenvalue weighted by molar-refractivity contribution is 5.82. The van der Waals surface area contributed by atoms with Crippen LogP contribution < -0.4 is 0 Å². The number of hydrogen-bond donors (Lipinski definition) is 1. The fourth-order valence-electron chi connectivity index (χ4n) is 1.57. The van der Waals surface area contributed by atoms with Gasteiger partial charge in [0.05, 0.1) is 11.3 Å². The van der Waals surface area contributed by atoms with Crippen LogP contribution in [0.4, 0.5) is 5.69 Å². The van der Waals surface area contributed by atoms with E-state index in [1.54, 1.807) is 18.2 Å². The number of aliphatic imine (C=N–C) groups is 1. The zero-order chi connectivity index (χ0) is 11.4. The number of carbonyl (C=O) groups excluding carboxylic acids is 1. The molecule has 0 fully saturated rings. The SMILES string of the molecule is O=C=Nc1cccc(O)c1-c1ccccc1. The van der Waals surface area contributed by atoms with Gasteiger partial charge >= 0.3 is 0 Å². The molecule has 0 saturated heterocycles. The second-order valence-corrected chi connectivity index (χ2v) is 3.24. The van der Waals surface area contributed by atoms with Gasteiger partial charge in [0.15, 0.2) is 0 Å². The molecule has 0 aliphatic rings. The minimum Gasteiger partial charge on any atom is -0.507 e. The Balaban J connectivity index is 2.68. The summed E-state index contributed by atoms with van der Waals surface area (Å²) in [5.41, 5.74) is 1.78. The first-order chi connectivity index (χ1) is 7.83. The summed E-state index contributed by atoms with van der Waals surface area (Å²) in [6.07, 6.45) is 1.49. The highest BCUT2D eigenvalue weighted by Crippen LogP contribution is 2.37. The number of rotatable bonds is 2. The van der Waals surface area contributed by atoms with Gasteiger partial charge in [-0.2, -0.15) is 4.99 Å². The van der Waals surface area contributed by atoms with E-state index in [2.05, 4.69) is 4.99 Å². The van der Waals surface area contributed by atoms with Crippen LogP contribution in [-0.2, 0) is 4.79 Å². The molecule has 0 atom stereocenters. The van der Waals surface area contributed by atoms with E-state index in [1.165, 1.54) is 6.08 Å². The minimum atomic E-state index is 0.0997. The minimum absolute atomic E-state index is 0.0997. The van der Waals surface area contributed by atoms with Crippen molar-refractivity contribution in [2.75, 3.05) is 0 Å². The molecule has 1 N–H and O–H groups in total. The van der Waals surface area contributed by atoms with Gasteiger partial charge in [0.25, 0.3) is 0 Å². The molecular weight excluding hydrogens is 202 g/mol. The number of isocyanates is 1. The predicted molar refractivity (Wildman–Crippen MR) is 61.3 cm³/mol. The molecule has 0 aliphatic heterocycles. The number of aromatic hydroxyl groups is 1. The van der Waals surface area contributed by atoms with Gasteiger partial charge in [-0.15, -0.1) is 0 Å². The summed E-state index contributed by atoms with van der Waals surface area (Å²) in [6, 6.07) is 14.1. The van der Waals surface area contributed by atoms with E-state index in [-0.39, 0.29) is 5.75 Å². The molecule has 2 aromatic rings. The molecule has 3 heteroatoms. The van der Waals surface area contributed by atoms with Crippen LogP contribution in [0.25, 0.3) is 11.1 Å². The molecule has 0 aliphatic carbocycles. The summed E-state index contributed by atoms with van der Waals surface area (Å²) in [6.45, 7) is 0. The maximum atomic E-state index is 10.3. The highest BCUT2D eigenvalue weighted by Gasteiger charge is 2.08. The molecule has 16 heavy (non-hydrogen) atoms. The van der Waals surface area contributed by atoms with E-state index in [9.17, 15) is 9.90 Å². The van der Waals surface area contributed by atoms with Crippen molar-refractivity contribution in [2.24, 2.45) is 4.99 Å². The molecule has 0 aromatic heterocycles. The first-order valence-electron chi connectivity index (χ1n) is 4.78. The molecule has 2 rings (SSSR count). The van der Waals surface area contributed by atoms with Crippen molar-refractivity contribution in [3.05, 3.63) is 48.5 Å². The summed E-state index contributed by atoms with van der Waals surface area (Å²) in [7, 11) is 0. The lowest BCUT2D eigenvalue weighted by Crippen LogP contribution is -1.79. The smallest absolute Gasteiger partial charge is 0.240 e. The van der Waals surface area contributed by atoms with Crippen molar-refractivity contribution >= 4 is 11.8 Å². The Hall–Kier alpha value is -2.38. The molecule has 0 unspecified atom stereocenters. The Bertz CT molecular complexity index is 543. The van der Waals surface area contributed by atoms with Crippen molar-refractivity contribution in [1.82, 2.24) is 0 Å². The Morgan fingerprint density at radius 1 is 1.00 bits per heavy atom. The van der Waals surface area contributed by atoms with Crippen molar-refractivity contribution < 1.29 is 9.90 Å². The van der Waals surface area contributed by atoms with Gasteiger partial charge in [-0.1, -0.05) is 36.4 Å². The number of benzene rings is 2. The van der Waals surface area contributed by atoms with Gasteiger partial charge in [-0.3, -0.25) is 0 Å². The normalized spacial score (nSPS) is 9.50. The van der Waals surface area contributed by atoms with Gasteiger partial charge in [0.1, 0.15) is 5.75 Å². The number of phenolic OH excluding ortho intramolecular Hbond substituents is 1. The Labute approximate surface area is 92.7 Å². The monoisotopic (exact) mass is 211 g/mol. The molecule has 0 saturated carbocycles. The number of hydrogen-bond acceptors (Lipinski definition) is 3.